The van der Waals surface area contributed by atoms with Gasteiger partial charge in [0, 0.05) is 24.7 Å². The SMILES string of the molecule is CCC(=O)N1CCOC(n2cc(Nc3ncc(C)c(-c4ccc(CC)cc4)n3)cn2)C1. The van der Waals surface area contributed by atoms with E-state index in [1.54, 1.807) is 10.9 Å². The van der Waals surface area contributed by atoms with E-state index in [-0.39, 0.29) is 12.1 Å². The van der Waals surface area contributed by atoms with Gasteiger partial charge in [-0.25, -0.2) is 14.6 Å². The van der Waals surface area contributed by atoms with Gasteiger partial charge in [-0.2, -0.15) is 5.10 Å². The van der Waals surface area contributed by atoms with Crippen LogP contribution in [0.5, 0.6) is 0 Å². The highest BCUT2D eigenvalue weighted by Gasteiger charge is 2.25. The molecule has 8 heteroatoms. The Bertz CT molecular complexity index is 1050. The number of morpholine rings is 1. The van der Waals surface area contributed by atoms with Gasteiger partial charge in [-0.05, 0) is 24.5 Å². The lowest BCUT2D eigenvalue weighted by Crippen LogP contribution is -2.43. The van der Waals surface area contributed by atoms with E-state index in [2.05, 4.69) is 46.6 Å². The third-order valence-corrected chi connectivity index (χ3v) is 5.46. The van der Waals surface area contributed by atoms with E-state index in [4.69, 9.17) is 9.72 Å². The van der Waals surface area contributed by atoms with E-state index in [0.717, 1.165) is 28.9 Å². The molecule has 1 aliphatic heterocycles. The van der Waals surface area contributed by atoms with E-state index in [1.807, 2.05) is 31.1 Å². The Kier molecular flexibility index (Phi) is 6.27. The maximum Gasteiger partial charge on any atom is 0.227 e. The molecule has 2 aromatic heterocycles. The average Bonchev–Trinajstić information content (AvgIpc) is 3.28. The van der Waals surface area contributed by atoms with Crippen molar-refractivity contribution < 1.29 is 9.53 Å². The second-order valence-electron chi connectivity index (χ2n) is 7.63. The first-order valence-electron chi connectivity index (χ1n) is 10.7. The Labute approximate surface area is 182 Å². The first kappa shape index (κ1) is 21.0. The summed E-state index contributed by atoms with van der Waals surface area (Å²) in [4.78, 5) is 23.0. The maximum absolute atomic E-state index is 12.0. The van der Waals surface area contributed by atoms with Gasteiger partial charge in [0.1, 0.15) is 0 Å². The molecule has 0 spiro atoms. The van der Waals surface area contributed by atoms with Crippen molar-refractivity contribution in [3.05, 3.63) is 54.0 Å². The number of nitrogens with zero attached hydrogens (tertiary/aromatic N) is 5. The quantitative estimate of drug-likeness (QED) is 0.654. The van der Waals surface area contributed by atoms with Crippen LogP contribution in [-0.4, -0.2) is 50.3 Å². The zero-order valence-corrected chi connectivity index (χ0v) is 18.2. The van der Waals surface area contributed by atoms with Crippen LogP contribution in [-0.2, 0) is 16.0 Å². The molecular formula is C23H28N6O2. The van der Waals surface area contributed by atoms with E-state index in [1.165, 1.54) is 5.56 Å². The number of carbonyl (C=O) groups is 1. The molecule has 1 atom stereocenters. The maximum atomic E-state index is 12.0. The molecule has 0 saturated carbocycles. The van der Waals surface area contributed by atoms with E-state index in [0.29, 0.717) is 32.1 Å². The fraction of sp³-hybridized carbons (Fsp3) is 0.391. The minimum Gasteiger partial charge on any atom is -0.353 e. The van der Waals surface area contributed by atoms with Crippen molar-refractivity contribution in [1.29, 1.82) is 0 Å². The van der Waals surface area contributed by atoms with E-state index >= 15 is 0 Å². The highest BCUT2D eigenvalue weighted by atomic mass is 16.5. The number of amides is 1. The molecule has 3 aromatic rings. The predicted octanol–water partition coefficient (Wildman–Crippen LogP) is 3.72. The average molecular weight is 421 g/mol. The molecule has 0 bridgehead atoms. The number of rotatable bonds is 6. The van der Waals surface area contributed by atoms with Crippen LogP contribution in [0.4, 0.5) is 11.6 Å². The minimum absolute atomic E-state index is 0.131. The largest absolute Gasteiger partial charge is 0.353 e. The van der Waals surface area contributed by atoms with Crippen LogP contribution in [0.1, 0.15) is 37.6 Å². The summed E-state index contributed by atoms with van der Waals surface area (Å²) in [7, 11) is 0. The van der Waals surface area contributed by atoms with Gasteiger partial charge in [0.15, 0.2) is 6.23 Å². The lowest BCUT2D eigenvalue weighted by Gasteiger charge is -2.32. The molecule has 3 heterocycles. The van der Waals surface area contributed by atoms with Crippen molar-refractivity contribution in [1.82, 2.24) is 24.6 Å². The van der Waals surface area contributed by atoms with E-state index in [9.17, 15) is 4.79 Å². The van der Waals surface area contributed by atoms with Gasteiger partial charge in [0.05, 0.1) is 36.9 Å². The minimum atomic E-state index is -0.300. The summed E-state index contributed by atoms with van der Waals surface area (Å²) in [6.07, 6.45) is 6.58. The number of carbonyl (C=O) groups excluding carboxylic acids is 1. The van der Waals surface area contributed by atoms with Crippen LogP contribution in [0.25, 0.3) is 11.3 Å². The van der Waals surface area contributed by atoms with Gasteiger partial charge >= 0.3 is 0 Å². The standard InChI is InChI=1S/C23H28N6O2/c1-4-17-6-8-18(9-7-17)22-16(3)12-24-23(27-22)26-19-13-25-29(14-19)21-15-28(10-11-31-21)20(30)5-2/h6-9,12-14,21H,4-5,10-11,15H2,1-3H3,(H,24,26,27). The fourth-order valence-corrected chi connectivity index (χ4v) is 3.62. The number of hydrogen-bond acceptors (Lipinski definition) is 6. The Hall–Kier alpha value is -3.26. The summed E-state index contributed by atoms with van der Waals surface area (Å²) in [6, 6.07) is 8.45. The smallest absolute Gasteiger partial charge is 0.227 e. The second-order valence-corrected chi connectivity index (χ2v) is 7.63. The summed E-state index contributed by atoms with van der Waals surface area (Å²) in [5, 5.41) is 7.64. The normalized spacial score (nSPS) is 16.4. The van der Waals surface area contributed by atoms with Crippen molar-refractivity contribution in [3.8, 4) is 11.3 Å². The van der Waals surface area contributed by atoms with Gasteiger partial charge in [-0.15, -0.1) is 0 Å². The Morgan fingerprint density at radius 3 is 2.77 bits per heavy atom. The zero-order valence-electron chi connectivity index (χ0n) is 18.2. The molecule has 1 saturated heterocycles. The summed E-state index contributed by atoms with van der Waals surface area (Å²) >= 11 is 0. The van der Waals surface area contributed by atoms with Crippen LogP contribution >= 0.6 is 0 Å². The third-order valence-electron chi connectivity index (χ3n) is 5.46. The summed E-state index contributed by atoms with van der Waals surface area (Å²) < 4.78 is 7.54. The van der Waals surface area contributed by atoms with Crippen LogP contribution in [0.2, 0.25) is 0 Å². The van der Waals surface area contributed by atoms with Crippen LogP contribution < -0.4 is 5.32 Å². The predicted molar refractivity (Wildman–Crippen MR) is 119 cm³/mol. The van der Waals surface area contributed by atoms with Crippen LogP contribution in [0.3, 0.4) is 0 Å². The number of hydrogen-bond donors (Lipinski definition) is 1. The molecule has 1 N–H and O–H groups in total. The van der Waals surface area contributed by atoms with Crippen molar-refractivity contribution in [2.45, 2.75) is 39.8 Å². The van der Waals surface area contributed by atoms with Crippen molar-refractivity contribution in [2.75, 3.05) is 25.0 Å². The van der Waals surface area contributed by atoms with Crippen LogP contribution in [0.15, 0.2) is 42.9 Å². The van der Waals surface area contributed by atoms with Gasteiger partial charge in [0.25, 0.3) is 0 Å². The molecule has 8 nitrogen and oxygen atoms in total. The Morgan fingerprint density at radius 1 is 1.23 bits per heavy atom. The molecular weight excluding hydrogens is 392 g/mol. The molecule has 0 aliphatic carbocycles. The van der Waals surface area contributed by atoms with E-state index < -0.39 is 0 Å². The highest BCUT2D eigenvalue weighted by molar-refractivity contribution is 5.75. The van der Waals surface area contributed by atoms with Gasteiger partial charge in [-0.3, -0.25) is 4.79 Å². The Morgan fingerprint density at radius 2 is 2.03 bits per heavy atom. The number of nitrogens with one attached hydrogen (secondary N) is 1. The second kappa shape index (κ2) is 9.26. The molecule has 1 aliphatic rings. The van der Waals surface area contributed by atoms with Gasteiger partial charge in [0.2, 0.25) is 11.9 Å². The molecule has 1 fully saturated rings. The molecule has 4 rings (SSSR count). The molecule has 1 unspecified atom stereocenters. The zero-order chi connectivity index (χ0) is 21.8. The lowest BCUT2D eigenvalue weighted by molar-refractivity contribution is -0.143. The first-order valence-corrected chi connectivity index (χ1v) is 10.7. The highest BCUT2D eigenvalue weighted by Crippen LogP contribution is 2.24. The molecule has 31 heavy (non-hydrogen) atoms. The monoisotopic (exact) mass is 420 g/mol. The Balaban J connectivity index is 1.49. The number of benzene rings is 1. The number of anilines is 2. The van der Waals surface area contributed by atoms with Crippen molar-refractivity contribution in [2.24, 2.45) is 0 Å². The lowest BCUT2D eigenvalue weighted by atomic mass is 10.1. The molecule has 1 aromatic carbocycles. The third kappa shape index (κ3) is 4.74. The number of aromatic nitrogens is 4. The molecule has 1 amide bonds. The van der Waals surface area contributed by atoms with Crippen molar-refractivity contribution in [3.63, 3.8) is 0 Å². The summed E-state index contributed by atoms with van der Waals surface area (Å²) in [5.74, 6) is 0.637. The topological polar surface area (TPSA) is 85.2 Å². The van der Waals surface area contributed by atoms with Gasteiger partial charge in [-0.1, -0.05) is 38.1 Å². The fourth-order valence-electron chi connectivity index (χ4n) is 3.62. The number of ether oxygens (including phenoxy) is 1. The van der Waals surface area contributed by atoms with Crippen LogP contribution in [0, 0.1) is 6.92 Å². The van der Waals surface area contributed by atoms with Crippen molar-refractivity contribution >= 4 is 17.5 Å². The first-order chi connectivity index (χ1) is 15.1. The number of aryl methyl sites for hydroxylation is 2. The molecule has 0 radical (unpaired) electrons. The molecule has 162 valence electrons. The van der Waals surface area contributed by atoms with Gasteiger partial charge < -0.3 is 15.0 Å². The summed E-state index contributed by atoms with van der Waals surface area (Å²) in [6.45, 7) is 7.64. The summed E-state index contributed by atoms with van der Waals surface area (Å²) in [5.41, 5.74) is 5.04.